The maximum absolute atomic E-state index is 15.0. The number of carbonyl (C=O) groups excluding carboxylic acids is 1. The second kappa shape index (κ2) is 14.1. The second-order valence-electron chi connectivity index (χ2n) is 11.0. The van der Waals surface area contributed by atoms with Gasteiger partial charge in [-0.1, -0.05) is 67.4 Å². The molecule has 0 aliphatic heterocycles. The molecular formula is C34H36F2O2U. The van der Waals surface area contributed by atoms with Crippen molar-refractivity contribution in [1.82, 2.24) is 0 Å². The van der Waals surface area contributed by atoms with Crippen molar-refractivity contribution in [2.75, 3.05) is 0 Å². The minimum atomic E-state index is -3.40. The Balaban J connectivity index is 0.00000353. The van der Waals surface area contributed by atoms with Gasteiger partial charge in [0.1, 0.15) is 5.75 Å². The number of ether oxygens (including phenoxy) is 1. The summed E-state index contributed by atoms with van der Waals surface area (Å²) in [5.74, 6) is 2.09. The van der Waals surface area contributed by atoms with Crippen LogP contribution in [0.2, 0.25) is 0 Å². The average molecular weight is 753 g/mol. The van der Waals surface area contributed by atoms with E-state index in [2.05, 4.69) is 30.3 Å². The Bertz CT molecular complexity index is 1150. The van der Waals surface area contributed by atoms with E-state index in [9.17, 15) is 13.6 Å². The van der Waals surface area contributed by atoms with Crippen LogP contribution in [0.15, 0.2) is 78.9 Å². The quantitative estimate of drug-likeness (QED) is 0.204. The minimum absolute atomic E-state index is 0. The van der Waals surface area contributed by atoms with Crippen molar-refractivity contribution in [1.29, 1.82) is 0 Å². The van der Waals surface area contributed by atoms with Crippen molar-refractivity contribution < 1.29 is 49.4 Å². The van der Waals surface area contributed by atoms with Gasteiger partial charge in [-0.25, -0.2) is 0 Å². The number of rotatable bonds is 9. The van der Waals surface area contributed by atoms with Gasteiger partial charge in [-0.05, 0) is 97.2 Å². The smallest absolute Gasteiger partial charge is 0.544 e. The summed E-state index contributed by atoms with van der Waals surface area (Å²) in [4.78, 5) is 10.5. The standard InChI is InChI=1S/C34H36F2O2.U/c35-34(36,32-20-16-30(17-21-32)27-10-8-25(9-11-27)5-4-24-37)38-33-22-18-31(19-23-33)29-14-12-28(13-15-29)26-6-2-1-3-7-26;/h1-3,5-7,16-23,25,27-29H,4,8-15H2;/q-2;+2. The van der Waals surface area contributed by atoms with Crippen LogP contribution < -0.4 is 4.74 Å². The molecule has 0 radical (unpaired) electrons. The molecule has 0 spiro atoms. The van der Waals surface area contributed by atoms with Gasteiger partial charge < -0.3 is 16.0 Å². The molecule has 0 unspecified atom stereocenters. The van der Waals surface area contributed by atoms with Gasteiger partial charge in [-0.3, -0.25) is 12.7 Å². The Kier molecular flexibility index (Phi) is 10.8. The molecule has 0 N–H and O–H groups in total. The van der Waals surface area contributed by atoms with E-state index in [1.54, 1.807) is 12.1 Å². The Labute approximate surface area is 255 Å². The number of hydrogen-bond acceptors (Lipinski definition) is 2. The summed E-state index contributed by atoms with van der Waals surface area (Å²) >= 11 is 0. The zero-order valence-electron chi connectivity index (χ0n) is 22.3. The molecule has 5 heteroatoms. The Hall–Kier alpha value is -1.96. The van der Waals surface area contributed by atoms with Crippen LogP contribution in [0.4, 0.5) is 8.78 Å². The molecule has 2 aliphatic carbocycles. The molecule has 3 aromatic rings. The van der Waals surface area contributed by atoms with Crippen molar-refractivity contribution in [3.05, 3.63) is 108 Å². The van der Waals surface area contributed by atoms with Crippen molar-refractivity contribution in [3.63, 3.8) is 0 Å². The van der Waals surface area contributed by atoms with Crippen LogP contribution in [0.25, 0.3) is 0 Å². The second-order valence-corrected chi connectivity index (χ2v) is 11.0. The summed E-state index contributed by atoms with van der Waals surface area (Å²) in [6, 6.07) is 24.6. The largest absolute Gasteiger partial charge is 2.00 e. The van der Waals surface area contributed by atoms with Crippen LogP contribution in [0, 0.1) is 43.5 Å². The van der Waals surface area contributed by atoms with E-state index in [0.29, 0.717) is 30.1 Å². The summed E-state index contributed by atoms with van der Waals surface area (Å²) in [5, 5.41) is 0. The van der Waals surface area contributed by atoms with Crippen molar-refractivity contribution >= 4 is 6.29 Å². The fourth-order valence-corrected chi connectivity index (χ4v) is 6.35. The van der Waals surface area contributed by atoms with Gasteiger partial charge in [0.15, 0.2) is 0 Å². The summed E-state index contributed by atoms with van der Waals surface area (Å²) in [7, 11) is 0. The zero-order valence-corrected chi connectivity index (χ0v) is 26.5. The van der Waals surface area contributed by atoms with Crippen molar-refractivity contribution in [3.8, 4) is 5.75 Å². The molecule has 39 heavy (non-hydrogen) atoms. The van der Waals surface area contributed by atoms with Crippen LogP contribution in [0.5, 0.6) is 5.75 Å². The molecule has 0 amide bonds. The molecule has 2 aliphatic rings. The van der Waals surface area contributed by atoms with E-state index < -0.39 is 6.11 Å². The third kappa shape index (κ3) is 7.83. The summed E-state index contributed by atoms with van der Waals surface area (Å²) < 4.78 is 35.1. The topological polar surface area (TPSA) is 26.3 Å². The molecule has 3 aromatic carbocycles. The van der Waals surface area contributed by atoms with Crippen LogP contribution in [0.1, 0.15) is 97.8 Å². The van der Waals surface area contributed by atoms with Gasteiger partial charge >= 0.3 is 37.2 Å². The molecule has 0 bridgehead atoms. The van der Waals surface area contributed by atoms with E-state index >= 15 is 0 Å². The SMILES string of the molecule is O=[C-]C[CH-]C1CCC(c2ccc(C(F)(F)Oc3ccc(C4CCC(c5ccccc5)CC4)cc3)cc2)CC1.[U+2]. The van der Waals surface area contributed by atoms with E-state index in [-0.39, 0.29) is 42.4 Å². The van der Waals surface area contributed by atoms with Crippen molar-refractivity contribution in [2.24, 2.45) is 5.92 Å². The predicted molar refractivity (Wildman–Crippen MR) is 147 cm³/mol. The molecular weight excluding hydrogens is 716 g/mol. The Morgan fingerprint density at radius 2 is 1.15 bits per heavy atom. The summed E-state index contributed by atoms with van der Waals surface area (Å²) in [6.07, 6.45) is 9.56. The predicted octanol–water partition coefficient (Wildman–Crippen LogP) is 9.23. The van der Waals surface area contributed by atoms with Crippen molar-refractivity contribution in [2.45, 2.75) is 81.6 Å². The molecule has 0 saturated heterocycles. The molecule has 2 nitrogen and oxygen atoms in total. The molecule has 0 aromatic heterocycles. The first-order valence-corrected chi connectivity index (χ1v) is 14.0. The summed E-state index contributed by atoms with van der Waals surface area (Å²) in [5.41, 5.74) is 3.58. The number of halogens is 2. The van der Waals surface area contributed by atoms with Gasteiger partial charge in [0.2, 0.25) is 0 Å². The minimum Gasteiger partial charge on any atom is -0.544 e. The van der Waals surface area contributed by atoms with Crippen LogP contribution in [-0.2, 0) is 10.9 Å². The van der Waals surface area contributed by atoms with Crippen LogP contribution in [-0.4, -0.2) is 6.29 Å². The zero-order chi connectivity index (χ0) is 26.4. The van der Waals surface area contributed by atoms with E-state index in [1.807, 2.05) is 37.0 Å². The first-order valence-electron chi connectivity index (χ1n) is 14.0. The van der Waals surface area contributed by atoms with Gasteiger partial charge in [-0.15, -0.1) is 0 Å². The van der Waals surface area contributed by atoms with Crippen LogP contribution in [0.3, 0.4) is 0 Å². The fraction of sp³-hybridized carbons (Fsp3) is 0.412. The monoisotopic (exact) mass is 752 g/mol. The average Bonchev–Trinajstić information content (AvgIpc) is 2.97. The third-order valence-corrected chi connectivity index (χ3v) is 8.62. The van der Waals surface area contributed by atoms with Gasteiger partial charge in [0.25, 0.3) is 0 Å². The molecule has 2 fully saturated rings. The molecule has 5 rings (SSSR count). The number of benzene rings is 3. The van der Waals surface area contributed by atoms with E-state index in [4.69, 9.17) is 4.74 Å². The van der Waals surface area contributed by atoms with Gasteiger partial charge in [0.05, 0.1) is 5.56 Å². The molecule has 202 valence electrons. The normalized spacial score (nSPS) is 23.4. The molecule has 2 saturated carbocycles. The third-order valence-electron chi connectivity index (χ3n) is 8.62. The van der Waals surface area contributed by atoms with E-state index in [0.717, 1.165) is 56.9 Å². The number of hydrogen-bond donors (Lipinski definition) is 0. The first kappa shape index (κ1) is 30.0. The first-order chi connectivity index (χ1) is 18.5. The summed E-state index contributed by atoms with van der Waals surface area (Å²) in [6.45, 7) is 0. The maximum Gasteiger partial charge on any atom is 2.00 e. The van der Waals surface area contributed by atoms with Gasteiger partial charge in [0, 0.05) is 0 Å². The van der Waals surface area contributed by atoms with Gasteiger partial charge in [-0.2, -0.15) is 14.7 Å². The molecule has 0 atom stereocenters. The Morgan fingerprint density at radius 3 is 1.67 bits per heavy atom. The fourth-order valence-electron chi connectivity index (χ4n) is 6.35. The van der Waals surface area contributed by atoms with E-state index in [1.165, 1.54) is 23.3 Å². The number of alkyl halides is 2. The Morgan fingerprint density at radius 1 is 0.692 bits per heavy atom. The molecule has 0 heterocycles. The maximum atomic E-state index is 15.0. The van der Waals surface area contributed by atoms with Crippen LogP contribution >= 0.6 is 0 Å².